The Balaban J connectivity index is 2.28. The van der Waals surface area contributed by atoms with Crippen molar-refractivity contribution >= 4 is 5.78 Å². The molecule has 1 heteroatoms. The van der Waals surface area contributed by atoms with Gasteiger partial charge in [-0.1, -0.05) is 13.0 Å². The lowest BCUT2D eigenvalue weighted by Gasteiger charge is -2.23. The van der Waals surface area contributed by atoms with E-state index in [0.29, 0.717) is 11.7 Å². The highest BCUT2D eigenvalue weighted by Crippen LogP contribution is 2.39. The van der Waals surface area contributed by atoms with Crippen LogP contribution in [0.2, 0.25) is 0 Å². The van der Waals surface area contributed by atoms with E-state index in [1.54, 1.807) is 0 Å². The predicted octanol–water partition coefficient (Wildman–Crippen LogP) is 2.32. The zero-order chi connectivity index (χ0) is 7.84. The monoisotopic (exact) mass is 150 g/mol. The molecule has 0 aromatic rings. The van der Waals surface area contributed by atoms with Crippen LogP contribution in [-0.2, 0) is 4.79 Å². The smallest absolute Gasteiger partial charge is 0.158 e. The van der Waals surface area contributed by atoms with Gasteiger partial charge in [-0.3, -0.25) is 4.79 Å². The molecule has 0 spiro atoms. The molecule has 0 heterocycles. The first-order valence-electron chi connectivity index (χ1n) is 4.52. The maximum atomic E-state index is 11.3. The van der Waals surface area contributed by atoms with Gasteiger partial charge in [-0.05, 0) is 36.7 Å². The third-order valence-corrected chi connectivity index (χ3v) is 3.08. The van der Waals surface area contributed by atoms with Crippen molar-refractivity contribution in [1.29, 1.82) is 0 Å². The van der Waals surface area contributed by atoms with Crippen LogP contribution in [0.1, 0.15) is 32.6 Å². The first-order valence-corrected chi connectivity index (χ1v) is 4.52. The number of hydrogen-bond donors (Lipinski definition) is 0. The molecule has 0 aromatic heterocycles. The summed E-state index contributed by atoms with van der Waals surface area (Å²) in [7, 11) is 0. The Morgan fingerprint density at radius 1 is 1.45 bits per heavy atom. The lowest BCUT2D eigenvalue weighted by Crippen LogP contribution is -2.15. The van der Waals surface area contributed by atoms with Gasteiger partial charge in [0.05, 0.1) is 0 Å². The van der Waals surface area contributed by atoms with E-state index in [0.717, 1.165) is 30.8 Å². The summed E-state index contributed by atoms with van der Waals surface area (Å²) in [6.45, 7) is 2.27. The zero-order valence-corrected chi connectivity index (χ0v) is 6.97. The van der Waals surface area contributed by atoms with Gasteiger partial charge in [-0.15, -0.1) is 0 Å². The topological polar surface area (TPSA) is 17.1 Å². The summed E-state index contributed by atoms with van der Waals surface area (Å²) < 4.78 is 0. The predicted molar refractivity (Wildman–Crippen MR) is 44.2 cm³/mol. The zero-order valence-electron chi connectivity index (χ0n) is 6.97. The number of ketones is 1. The number of Topliss-reactive ketones (excluding diaryl/α,β-unsaturated/α-hetero) is 1. The number of carbonyl (C=O) groups is 1. The van der Waals surface area contributed by atoms with E-state index in [2.05, 4.69) is 13.0 Å². The van der Waals surface area contributed by atoms with Crippen molar-refractivity contribution in [3.05, 3.63) is 11.6 Å². The third-order valence-electron chi connectivity index (χ3n) is 3.08. The van der Waals surface area contributed by atoms with Crippen molar-refractivity contribution in [1.82, 2.24) is 0 Å². The maximum absolute atomic E-state index is 11.3. The van der Waals surface area contributed by atoms with Crippen molar-refractivity contribution in [2.45, 2.75) is 32.6 Å². The SMILES string of the molecule is CC1CCC=C2C(=O)CCC21. The first-order chi connectivity index (χ1) is 5.29. The number of allylic oxidation sites excluding steroid dienone is 2. The Morgan fingerprint density at radius 3 is 3.00 bits per heavy atom. The molecule has 0 N–H and O–H groups in total. The van der Waals surface area contributed by atoms with Gasteiger partial charge in [0.1, 0.15) is 0 Å². The molecule has 2 atom stereocenters. The summed E-state index contributed by atoms with van der Waals surface area (Å²) in [6, 6.07) is 0. The Labute approximate surface area is 67.5 Å². The molecular formula is C10H14O. The first kappa shape index (κ1) is 7.08. The van der Waals surface area contributed by atoms with Crippen LogP contribution in [0.3, 0.4) is 0 Å². The molecule has 0 radical (unpaired) electrons. The molecule has 60 valence electrons. The lowest BCUT2D eigenvalue weighted by molar-refractivity contribution is -0.114. The van der Waals surface area contributed by atoms with Crippen LogP contribution in [0.5, 0.6) is 0 Å². The number of carbonyl (C=O) groups excluding carboxylic acids is 1. The van der Waals surface area contributed by atoms with Crippen LogP contribution in [0.25, 0.3) is 0 Å². The van der Waals surface area contributed by atoms with Gasteiger partial charge in [0, 0.05) is 6.42 Å². The van der Waals surface area contributed by atoms with Crippen LogP contribution in [0, 0.1) is 11.8 Å². The lowest BCUT2D eigenvalue weighted by atomic mass is 9.81. The number of rotatable bonds is 0. The number of fused-ring (bicyclic) bond motifs is 1. The Morgan fingerprint density at radius 2 is 2.27 bits per heavy atom. The number of hydrogen-bond acceptors (Lipinski definition) is 1. The van der Waals surface area contributed by atoms with E-state index in [9.17, 15) is 4.79 Å². The highest BCUT2D eigenvalue weighted by molar-refractivity contribution is 5.98. The van der Waals surface area contributed by atoms with E-state index in [-0.39, 0.29) is 0 Å². The fourth-order valence-corrected chi connectivity index (χ4v) is 2.35. The average molecular weight is 150 g/mol. The average Bonchev–Trinajstić information content (AvgIpc) is 2.35. The molecule has 2 aliphatic carbocycles. The van der Waals surface area contributed by atoms with Crippen LogP contribution in [-0.4, -0.2) is 5.78 Å². The quantitative estimate of drug-likeness (QED) is 0.518. The van der Waals surface area contributed by atoms with E-state index in [1.165, 1.54) is 6.42 Å². The van der Waals surface area contributed by atoms with Crippen LogP contribution < -0.4 is 0 Å². The van der Waals surface area contributed by atoms with Crippen molar-refractivity contribution in [3.63, 3.8) is 0 Å². The second kappa shape index (κ2) is 2.47. The van der Waals surface area contributed by atoms with Crippen LogP contribution in [0.15, 0.2) is 11.6 Å². The van der Waals surface area contributed by atoms with Gasteiger partial charge in [0.2, 0.25) is 0 Å². The maximum Gasteiger partial charge on any atom is 0.158 e. The van der Waals surface area contributed by atoms with Crippen molar-refractivity contribution in [3.8, 4) is 0 Å². The highest BCUT2D eigenvalue weighted by Gasteiger charge is 2.33. The normalized spacial score (nSPS) is 36.8. The fraction of sp³-hybridized carbons (Fsp3) is 0.700. The molecule has 2 rings (SSSR count). The Bertz CT molecular complexity index is 215. The molecule has 1 nitrogen and oxygen atoms in total. The van der Waals surface area contributed by atoms with Crippen LogP contribution in [0.4, 0.5) is 0 Å². The molecule has 2 unspecified atom stereocenters. The van der Waals surface area contributed by atoms with Gasteiger partial charge in [0.15, 0.2) is 5.78 Å². The molecule has 0 aliphatic heterocycles. The molecule has 0 aromatic carbocycles. The Hall–Kier alpha value is -0.590. The molecule has 2 aliphatic rings. The summed E-state index contributed by atoms with van der Waals surface area (Å²) in [5.74, 6) is 1.79. The molecule has 11 heavy (non-hydrogen) atoms. The summed E-state index contributed by atoms with van der Waals surface area (Å²) in [5, 5.41) is 0. The van der Waals surface area contributed by atoms with E-state index in [1.807, 2.05) is 0 Å². The minimum Gasteiger partial charge on any atom is -0.295 e. The standard InChI is InChI=1S/C10H14O/c1-7-3-2-4-9-8(7)5-6-10(9)11/h4,7-8H,2-3,5-6H2,1H3. The molecule has 1 fully saturated rings. The second-order valence-corrected chi connectivity index (χ2v) is 3.78. The van der Waals surface area contributed by atoms with Gasteiger partial charge in [0.25, 0.3) is 0 Å². The van der Waals surface area contributed by atoms with Crippen molar-refractivity contribution in [2.24, 2.45) is 11.8 Å². The van der Waals surface area contributed by atoms with Gasteiger partial charge in [-0.25, -0.2) is 0 Å². The minimum absolute atomic E-state index is 0.418. The van der Waals surface area contributed by atoms with Crippen molar-refractivity contribution < 1.29 is 4.79 Å². The van der Waals surface area contributed by atoms with Gasteiger partial charge < -0.3 is 0 Å². The fourth-order valence-electron chi connectivity index (χ4n) is 2.35. The Kier molecular flexibility index (Phi) is 1.59. The van der Waals surface area contributed by atoms with Gasteiger partial charge >= 0.3 is 0 Å². The summed E-state index contributed by atoms with van der Waals surface area (Å²) >= 11 is 0. The van der Waals surface area contributed by atoms with E-state index >= 15 is 0 Å². The summed E-state index contributed by atoms with van der Waals surface area (Å²) in [5.41, 5.74) is 1.16. The molecule has 0 amide bonds. The third kappa shape index (κ3) is 1.03. The van der Waals surface area contributed by atoms with E-state index in [4.69, 9.17) is 0 Å². The van der Waals surface area contributed by atoms with Gasteiger partial charge in [-0.2, -0.15) is 0 Å². The molecule has 1 saturated carbocycles. The van der Waals surface area contributed by atoms with Crippen molar-refractivity contribution in [2.75, 3.05) is 0 Å². The molecular weight excluding hydrogens is 136 g/mol. The summed E-state index contributed by atoms with van der Waals surface area (Å²) in [4.78, 5) is 11.3. The molecule has 0 saturated heterocycles. The second-order valence-electron chi connectivity index (χ2n) is 3.78. The largest absolute Gasteiger partial charge is 0.295 e. The van der Waals surface area contributed by atoms with Crippen LogP contribution >= 0.6 is 0 Å². The molecule has 0 bridgehead atoms. The van der Waals surface area contributed by atoms with E-state index < -0.39 is 0 Å². The highest BCUT2D eigenvalue weighted by atomic mass is 16.1. The minimum atomic E-state index is 0.418. The summed E-state index contributed by atoms with van der Waals surface area (Å²) in [6.07, 6.45) is 6.49.